The molecule has 4 aromatic heterocycles. The summed E-state index contributed by atoms with van der Waals surface area (Å²) in [6, 6.07) is 16.2. The lowest BCUT2D eigenvalue weighted by Gasteiger charge is -2.32. The van der Waals surface area contributed by atoms with Crippen molar-refractivity contribution in [3.8, 4) is 33.6 Å². The van der Waals surface area contributed by atoms with E-state index in [2.05, 4.69) is 25.5 Å². The van der Waals surface area contributed by atoms with E-state index < -0.39 is 11.7 Å². The number of anilines is 1. The molecule has 8 nitrogen and oxygen atoms in total. The summed E-state index contributed by atoms with van der Waals surface area (Å²) in [6.45, 7) is 1.27. The second-order valence-corrected chi connectivity index (χ2v) is 10.5. The van der Waals surface area contributed by atoms with Gasteiger partial charge in [-0.25, -0.2) is 9.50 Å². The molecule has 8 rings (SSSR count). The first-order valence-electron chi connectivity index (χ1n) is 13.4. The van der Waals surface area contributed by atoms with E-state index in [1.807, 2.05) is 35.2 Å². The average molecular weight is 553 g/mol. The molecule has 11 heteroatoms. The molecule has 2 N–H and O–H groups in total. The molecule has 0 radical (unpaired) electrons. The number of aromatic nitrogens is 6. The molecule has 0 unspecified atom stereocenters. The van der Waals surface area contributed by atoms with Crippen LogP contribution in [0, 0.1) is 0 Å². The molecule has 0 aliphatic carbocycles. The number of rotatable bonds is 4. The molecular formula is C30H23F3N8. The number of piperazine rings is 1. The number of halogens is 3. The third kappa shape index (κ3) is 3.80. The Bertz CT molecular complexity index is 1930. The number of hydrogen-bond donors (Lipinski definition) is 2. The van der Waals surface area contributed by atoms with Gasteiger partial charge in [-0.15, -0.1) is 0 Å². The lowest BCUT2D eigenvalue weighted by molar-refractivity contribution is -0.137. The van der Waals surface area contributed by atoms with Crippen molar-refractivity contribution in [2.75, 3.05) is 18.0 Å². The number of pyridine rings is 1. The minimum absolute atomic E-state index is 0.0711. The molecule has 2 aliphatic heterocycles. The highest BCUT2D eigenvalue weighted by Gasteiger charge is 2.42. The first-order valence-corrected chi connectivity index (χ1v) is 13.4. The lowest BCUT2D eigenvalue weighted by atomic mass is 9.99. The summed E-state index contributed by atoms with van der Waals surface area (Å²) in [4.78, 5) is 10.7. The Morgan fingerprint density at radius 1 is 0.951 bits per heavy atom. The van der Waals surface area contributed by atoms with Crippen molar-refractivity contribution >= 4 is 22.2 Å². The van der Waals surface area contributed by atoms with Gasteiger partial charge in [0.1, 0.15) is 5.69 Å². The van der Waals surface area contributed by atoms with Crippen LogP contribution in [-0.4, -0.2) is 55.0 Å². The number of nitrogens with zero attached hydrogens (tertiary/aromatic N) is 6. The van der Waals surface area contributed by atoms with Gasteiger partial charge >= 0.3 is 6.18 Å². The van der Waals surface area contributed by atoms with Gasteiger partial charge in [-0.05, 0) is 48.4 Å². The third-order valence-corrected chi connectivity index (χ3v) is 8.19. The maximum absolute atomic E-state index is 14.5. The summed E-state index contributed by atoms with van der Waals surface area (Å²) in [5.74, 6) is 0. The van der Waals surface area contributed by atoms with Crippen LogP contribution in [0.15, 0.2) is 79.4 Å². The van der Waals surface area contributed by atoms with E-state index in [0.717, 1.165) is 34.0 Å². The van der Waals surface area contributed by atoms with Gasteiger partial charge in [0, 0.05) is 66.0 Å². The molecule has 2 atom stereocenters. The van der Waals surface area contributed by atoms with Gasteiger partial charge in [-0.2, -0.15) is 23.4 Å². The molecule has 6 heterocycles. The van der Waals surface area contributed by atoms with Gasteiger partial charge < -0.3 is 10.2 Å². The molecule has 0 spiro atoms. The lowest BCUT2D eigenvalue weighted by Crippen LogP contribution is -2.44. The zero-order chi connectivity index (χ0) is 27.7. The Hall–Kier alpha value is -4.77. The van der Waals surface area contributed by atoms with E-state index in [1.165, 1.54) is 6.07 Å². The van der Waals surface area contributed by atoms with Crippen molar-refractivity contribution < 1.29 is 13.2 Å². The Kier molecular flexibility index (Phi) is 5.20. The Balaban J connectivity index is 1.35. The van der Waals surface area contributed by atoms with Crippen molar-refractivity contribution in [1.29, 1.82) is 0 Å². The molecule has 6 aromatic rings. The van der Waals surface area contributed by atoms with Crippen molar-refractivity contribution in [2.24, 2.45) is 0 Å². The molecule has 2 fully saturated rings. The highest BCUT2D eigenvalue weighted by Crippen LogP contribution is 2.43. The summed E-state index contributed by atoms with van der Waals surface area (Å²) < 4.78 is 45.1. The monoisotopic (exact) mass is 552 g/mol. The summed E-state index contributed by atoms with van der Waals surface area (Å²) >= 11 is 0. The topological polar surface area (TPSA) is 87.0 Å². The van der Waals surface area contributed by atoms with Gasteiger partial charge in [0.05, 0.1) is 28.5 Å². The first-order chi connectivity index (χ1) is 20.0. The van der Waals surface area contributed by atoms with Crippen LogP contribution in [0.3, 0.4) is 0 Å². The maximum atomic E-state index is 14.5. The molecular weight excluding hydrogens is 529 g/mol. The zero-order valence-electron chi connectivity index (χ0n) is 21.6. The van der Waals surface area contributed by atoms with Gasteiger partial charge in [0.2, 0.25) is 0 Å². The number of hydrogen-bond acceptors (Lipinski definition) is 6. The molecule has 2 aliphatic rings. The van der Waals surface area contributed by atoms with Crippen molar-refractivity contribution in [2.45, 2.75) is 24.7 Å². The number of fused-ring (bicyclic) bond motifs is 4. The van der Waals surface area contributed by atoms with E-state index in [0.29, 0.717) is 35.7 Å². The number of benzene rings is 2. The molecule has 0 amide bonds. The summed E-state index contributed by atoms with van der Waals surface area (Å²) in [7, 11) is 0. The van der Waals surface area contributed by atoms with Crippen molar-refractivity contribution in [1.82, 2.24) is 35.1 Å². The van der Waals surface area contributed by atoms with Crippen molar-refractivity contribution in [3.63, 3.8) is 0 Å². The van der Waals surface area contributed by atoms with Crippen LogP contribution in [-0.2, 0) is 6.18 Å². The predicted octanol–water partition coefficient (Wildman–Crippen LogP) is 5.57. The normalized spacial score (nSPS) is 18.7. The highest BCUT2D eigenvalue weighted by atomic mass is 19.4. The number of nitrogens with one attached hydrogen (secondary N) is 2. The molecule has 2 saturated heterocycles. The summed E-state index contributed by atoms with van der Waals surface area (Å²) in [5.41, 5.74) is 4.99. The van der Waals surface area contributed by atoms with Crippen LogP contribution in [0.4, 0.5) is 18.9 Å². The Morgan fingerprint density at radius 3 is 2.61 bits per heavy atom. The molecule has 2 bridgehead atoms. The Labute approximate surface area is 231 Å². The van der Waals surface area contributed by atoms with Crippen molar-refractivity contribution in [3.05, 3.63) is 84.9 Å². The largest absolute Gasteiger partial charge is 0.418 e. The Morgan fingerprint density at radius 2 is 1.83 bits per heavy atom. The van der Waals surface area contributed by atoms with Crippen LogP contribution in [0.25, 0.3) is 50.2 Å². The smallest absolute Gasteiger partial charge is 0.365 e. The van der Waals surface area contributed by atoms with Crippen LogP contribution >= 0.6 is 0 Å². The van der Waals surface area contributed by atoms with Gasteiger partial charge in [0.15, 0.2) is 5.65 Å². The van der Waals surface area contributed by atoms with Crippen LogP contribution in [0.1, 0.15) is 12.0 Å². The fraction of sp³-hybridized carbons (Fsp3) is 0.200. The molecule has 41 heavy (non-hydrogen) atoms. The fourth-order valence-corrected chi connectivity index (χ4v) is 6.34. The van der Waals surface area contributed by atoms with E-state index in [4.69, 9.17) is 5.10 Å². The quantitative estimate of drug-likeness (QED) is 0.297. The third-order valence-electron chi connectivity index (χ3n) is 8.19. The number of alkyl halides is 3. The minimum atomic E-state index is -4.51. The predicted molar refractivity (Wildman–Crippen MR) is 149 cm³/mol. The standard InChI is InChI=1S/C30H23F3N8/c31-30(32,33)23-12-18(4-5-26(23)40-16-19-13-20(40)14-36-19)25-8-11-35-29-27(21-2-1-3-24-22(21)15-37-38-24)28(39-41(25)29)17-6-9-34-10-7-17/h1-12,15,19-20,36H,13-14,16H2,(H,37,38)/t19-,20-/m0/s1. The average Bonchev–Trinajstić information content (AvgIpc) is 3.80. The van der Waals surface area contributed by atoms with Crippen LogP contribution < -0.4 is 10.2 Å². The minimum Gasteiger partial charge on any atom is -0.365 e. The zero-order valence-corrected chi connectivity index (χ0v) is 21.6. The fourth-order valence-electron chi connectivity index (χ4n) is 6.34. The van der Waals surface area contributed by atoms with Gasteiger partial charge in [-0.1, -0.05) is 18.2 Å². The molecule has 204 valence electrons. The summed E-state index contributed by atoms with van der Waals surface area (Å²) in [6.07, 6.45) is 3.09. The van der Waals surface area contributed by atoms with E-state index in [9.17, 15) is 13.2 Å². The first kappa shape index (κ1) is 24.1. The van der Waals surface area contributed by atoms with Crippen LogP contribution in [0.5, 0.6) is 0 Å². The van der Waals surface area contributed by atoms with Gasteiger partial charge in [0.25, 0.3) is 0 Å². The highest BCUT2D eigenvalue weighted by molar-refractivity contribution is 6.02. The van der Waals surface area contributed by atoms with E-state index in [1.54, 1.807) is 47.5 Å². The van der Waals surface area contributed by atoms with Gasteiger partial charge in [-0.3, -0.25) is 10.1 Å². The van der Waals surface area contributed by atoms with E-state index >= 15 is 0 Å². The SMILES string of the molecule is FC(F)(F)c1cc(-c2ccnc3c(-c4cccc5[nH]ncc45)c(-c4ccncc4)nn23)ccc1N1C[C@@H]2C[C@H]1CN2. The molecule has 0 saturated carbocycles. The summed E-state index contributed by atoms with van der Waals surface area (Å²) in [5, 5.41) is 16.4. The van der Waals surface area contributed by atoms with E-state index in [-0.39, 0.29) is 17.8 Å². The second-order valence-electron chi connectivity index (χ2n) is 10.5. The molecule has 2 aromatic carbocycles. The maximum Gasteiger partial charge on any atom is 0.418 e. The number of H-pyrrole nitrogens is 1. The second kappa shape index (κ2) is 8.87. The van der Waals surface area contributed by atoms with Crippen LogP contribution in [0.2, 0.25) is 0 Å². The number of aromatic amines is 1.